The Morgan fingerprint density at radius 3 is 2.88 bits per heavy atom. The molecule has 1 aromatic carbocycles. The quantitative estimate of drug-likeness (QED) is 0.821. The van der Waals surface area contributed by atoms with Crippen molar-refractivity contribution in [1.29, 1.82) is 0 Å². The third-order valence-corrected chi connectivity index (χ3v) is 4.95. The number of carbonyl (C=O) groups is 1. The Kier molecular flexibility index (Phi) is 5.59. The van der Waals surface area contributed by atoms with Gasteiger partial charge in [-0.15, -0.1) is 10.2 Å². The third kappa shape index (κ3) is 3.74. The topological polar surface area (TPSA) is 60.2 Å². The summed E-state index contributed by atoms with van der Waals surface area (Å²) in [6.07, 6.45) is 3.81. The Labute approximate surface area is 155 Å². The summed E-state index contributed by atoms with van der Waals surface area (Å²) in [4.78, 5) is 14.9. The van der Waals surface area contributed by atoms with Gasteiger partial charge in [-0.1, -0.05) is 0 Å². The van der Waals surface area contributed by atoms with Crippen molar-refractivity contribution in [3.8, 4) is 5.75 Å². The first-order chi connectivity index (χ1) is 12.5. The van der Waals surface area contributed by atoms with Crippen molar-refractivity contribution in [2.45, 2.75) is 52.5 Å². The number of carbonyl (C=O) groups excluding carboxylic acids is 1. The molecular weight excluding hydrogens is 328 g/mol. The van der Waals surface area contributed by atoms with Crippen LogP contribution in [0.3, 0.4) is 0 Å². The fourth-order valence-corrected chi connectivity index (χ4v) is 3.60. The maximum Gasteiger partial charge on any atom is 0.253 e. The molecule has 0 N–H and O–H groups in total. The SMILES string of the molecule is CCOc1ccc(C(=O)N2CCCC(c3nncn3C(C)C)C2)cc1C. The minimum atomic E-state index is 0.0801. The van der Waals surface area contributed by atoms with Crippen LogP contribution in [0.5, 0.6) is 5.75 Å². The number of aryl methyl sites for hydroxylation is 1. The number of rotatable bonds is 5. The van der Waals surface area contributed by atoms with E-state index >= 15 is 0 Å². The minimum Gasteiger partial charge on any atom is -0.494 e. The van der Waals surface area contributed by atoms with Crippen molar-refractivity contribution in [2.24, 2.45) is 0 Å². The highest BCUT2D eigenvalue weighted by Crippen LogP contribution is 2.28. The zero-order valence-corrected chi connectivity index (χ0v) is 16.1. The lowest BCUT2D eigenvalue weighted by molar-refractivity contribution is 0.0702. The molecule has 0 spiro atoms. The lowest BCUT2D eigenvalue weighted by atomic mass is 9.96. The third-order valence-electron chi connectivity index (χ3n) is 4.95. The van der Waals surface area contributed by atoms with Crippen molar-refractivity contribution < 1.29 is 9.53 Å². The van der Waals surface area contributed by atoms with Crippen LogP contribution >= 0.6 is 0 Å². The highest BCUT2D eigenvalue weighted by molar-refractivity contribution is 5.94. The highest BCUT2D eigenvalue weighted by Gasteiger charge is 2.29. The summed E-state index contributed by atoms with van der Waals surface area (Å²) in [5, 5.41) is 8.41. The van der Waals surface area contributed by atoms with Crippen LogP contribution in [-0.2, 0) is 0 Å². The molecule has 1 amide bonds. The first kappa shape index (κ1) is 18.4. The molecule has 1 aliphatic rings. The monoisotopic (exact) mass is 356 g/mol. The van der Waals surface area contributed by atoms with Gasteiger partial charge in [0.05, 0.1) is 6.61 Å². The second kappa shape index (κ2) is 7.89. The average molecular weight is 356 g/mol. The van der Waals surface area contributed by atoms with Crippen LogP contribution in [0, 0.1) is 6.92 Å². The van der Waals surface area contributed by atoms with E-state index in [4.69, 9.17) is 4.74 Å². The van der Waals surface area contributed by atoms with Gasteiger partial charge in [0.25, 0.3) is 5.91 Å². The zero-order valence-electron chi connectivity index (χ0n) is 16.1. The molecule has 1 unspecified atom stereocenters. The molecule has 3 rings (SSSR count). The number of piperidine rings is 1. The number of hydrogen-bond donors (Lipinski definition) is 0. The maximum absolute atomic E-state index is 13.0. The summed E-state index contributed by atoms with van der Waals surface area (Å²) in [6.45, 7) is 10.3. The molecule has 0 saturated carbocycles. The molecular formula is C20H28N4O2. The molecule has 1 fully saturated rings. The second-order valence-electron chi connectivity index (χ2n) is 7.19. The van der Waals surface area contributed by atoms with Gasteiger partial charge in [-0.25, -0.2) is 0 Å². The second-order valence-corrected chi connectivity index (χ2v) is 7.19. The van der Waals surface area contributed by atoms with E-state index in [-0.39, 0.29) is 11.8 Å². The summed E-state index contributed by atoms with van der Waals surface area (Å²) in [5.41, 5.74) is 1.71. The van der Waals surface area contributed by atoms with Gasteiger partial charge in [0.2, 0.25) is 0 Å². The van der Waals surface area contributed by atoms with E-state index < -0.39 is 0 Å². The molecule has 1 aromatic heterocycles. The Hall–Kier alpha value is -2.37. The number of likely N-dealkylation sites (tertiary alicyclic amines) is 1. The summed E-state index contributed by atoms with van der Waals surface area (Å²) < 4.78 is 7.69. The smallest absolute Gasteiger partial charge is 0.253 e. The molecule has 1 saturated heterocycles. The molecule has 0 radical (unpaired) electrons. The van der Waals surface area contributed by atoms with Crippen LogP contribution in [0.1, 0.15) is 67.3 Å². The van der Waals surface area contributed by atoms with Crippen molar-refractivity contribution >= 4 is 5.91 Å². The highest BCUT2D eigenvalue weighted by atomic mass is 16.5. The molecule has 1 aliphatic heterocycles. The van der Waals surface area contributed by atoms with E-state index in [1.807, 2.05) is 36.9 Å². The van der Waals surface area contributed by atoms with Gasteiger partial charge in [0, 0.05) is 30.6 Å². The molecule has 0 aliphatic carbocycles. The fraction of sp³-hybridized carbons (Fsp3) is 0.550. The lowest BCUT2D eigenvalue weighted by Crippen LogP contribution is -2.39. The van der Waals surface area contributed by atoms with Crippen molar-refractivity contribution in [3.63, 3.8) is 0 Å². The van der Waals surface area contributed by atoms with Crippen molar-refractivity contribution in [2.75, 3.05) is 19.7 Å². The van der Waals surface area contributed by atoms with E-state index in [0.717, 1.165) is 42.1 Å². The minimum absolute atomic E-state index is 0.0801. The summed E-state index contributed by atoms with van der Waals surface area (Å²) >= 11 is 0. The molecule has 1 atom stereocenters. The van der Waals surface area contributed by atoms with E-state index in [1.165, 1.54) is 0 Å². The van der Waals surface area contributed by atoms with Crippen molar-refractivity contribution in [3.05, 3.63) is 41.5 Å². The molecule has 26 heavy (non-hydrogen) atoms. The van der Waals surface area contributed by atoms with E-state index in [1.54, 1.807) is 6.33 Å². The Balaban J connectivity index is 1.76. The summed E-state index contributed by atoms with van der Waals surface area (Å²) in [6, 6.07) is 6.00. The number of ether oxygens (including phenoxy) is 1. The van der Waals surface area contributed by atoms with Gasteiger partial charge in [-0.3, -0.25) is 4.79 Å². The van der Waals surface area contributed by atoms with Crippen LogP contribution < -0.4 is 4.74 Å². The number of benzene rings is 1. The lowest BCUT2D eigenvalue weighted by Gasteiger charge is -2.33. The number of aromatic nitrogens is 3. The Morgan fingerprint density at radius 1 is 1.38 bits per heavy atom. The normalized spacial score (nSPS) is 17.6. The predicted octanol–water partition coefficient (Wildman–Crippen LogP) is 3.59. The van der Waals surface area contributed by atoms with Crippen LogP contribution in [-0.4, -0.2) is 45.3 Å². The van der Waals surface area contributed by atoms with Crippen LogP contribution in [0.25, 0.3) is 0 Å². The molecule has 2 aromatic rings. The standard InChI is InChI=1S/C20H28N4O2/c1-5-26-18-9-8-16(11-15(18)4)20(25)23-10-6-7-17(12-23)19-22-21-13-24(19)14(2)3/h8-9,11,13-14,17H,5-7,10,12H2,1-4H3. The van der Waals surface area contributed by atoms with E-state index in [9.17, 15) is 4.79 Å². The van der Waals surface area contributed by atoms with Crippen molar-refractivity contribution in [1.82, 2.24) is 19.7 Å². The van der Waals surface area contributed by atoms with Crippen LogP contribution in [0.2, 0.25) is 0 Å². The fourth-order valence-electron chi connectivity index (χ4n) is 3.60. The summed E-state index contributed by atoms with van der Waals surface area (Å²) in [5.74, 6) is 2.14. The van der Waals surface area contributed by atoms with Gasteiger partial charge >= 0.3 is 0 Å². The largest absolute Gasteiger partial charge is 0.494 e. The number of nitrogens with zero attached hydrogens (tertiary/aromatic N) is 4. The van der Waals surface area contributed by atoms with Gasteiger partial charge < -0.3 is 14.2 Å². The molecule has 140 valence electrons. The van der Waals surface area contributed by atoms with Gasteiger partial charge in [0.15, 0.2) is 0 Å². The van der Waals surface area contributed by atoms with Crippen LogP contribution in [0.4, 0.5) is 0 Å². The Morgan fingerprint density at radius 2 is 2.19 bits per heavy atom. The van der Waals surface area contributed by atoms with E-state index in [0.29, 0.717) is 19.2 Å². The summed E-state index contributed by atoms with van der Waals surface area (Å²) in [7, 11) is 0. The van der Waals surface area contributed by atoms with Gasteiger partial charge in [-0.2, -0.15) is 0 Å². The van der Waals surface area contributed by atoms with Crippen LogP contribution in [0.15, 0.2) is 24.5 Å². The first-order valence-electron chi connectivity index (χ1n) is 9.43. The number of amides is 1. The maximum atomic E-state index is 13.0. The first-order valence-corrected chi connectivity index (χ1v) is 9.43. The molecule has 6 heteroatoms. The van der Waals surface area contributed by atoms with E-state index in [2.05, 4.69) is 28.6 Å². The van der Waals surface area contributed by atoms with Gasteiger partial charge in [0.1, 0.15) is 17.9 Å². The average Bonchev–Trinajstić information content (AvgIpc) is 3.13. The predicted molar refractivity (Wildman–Crippen MR) is 101 cm³/mol. The van der Waals surface area contributed by atoms with Gasteiger partial charge in [-0.05, 0) is 64.3 Å². The Bertz CT molecular complexity index is 769. The molecule has 6 nitrogen and oxygen atoms in total. The number of hydrogen-bond acceptors (Lipinski definition) is 4. The molecule has 2 heterocycles. The molecule has 0 bridgehead atoms. The zero-order chi connectivity index (χ0) is 18.7.